The number of carbonyl (C=O) groups excluding carboxylic acids is 1. The molecule has 0 saturated carbocycles. The summed E-state index contributed by atoms with van der Waals surface area (Å²) >= 11 is 0. The maximum absolute atomic E-state index is 13.3. The summed E-state index contributed by atoms with van der Waals surface area (Å²) in [5, 5.41) is 3.89. The minimum absolute atomic E-state index is 0.262. The molecule has 0 aliphatic heterocycles. The van der Waals surface area contributed by atoms with Crippen molar-refractivity contribution in [3.63, 3.8) is 0 Å². The van der Waals surface area contributed by atoms with Crippen molar-refractivity contribution in [2.75, 3.05) is 12.3 Å². The Morgan fingerprint density at radius 2 is 1.97 bits per heavy atom. The van der Waals surface area contributed by atoms with Crippen LogP contribution >= 0.6 is 0 Å². The van der Waals surface area contributed by atoms with Crippen molar-refractivity contribution in [1.29, 1.82) is 0 Å². The van der Waals surface area contributed by atoms with Crippen LogP contribution in [0.1, 0.15) is 35.9 Å². The number of rotatable bonds is 7. The van der Waals surface area contributed by atoms with Gasteiger partial charge in [0.25, 0.3) is 5.91 Å². The largest absolute Gasteiger partial charge is 0.382 e. The Labute approximate surface area is 173 Å². The molecule has 0 unspecified atom stereocenters. The highest BCUT2D eigenvalue weighted by atomic mass is 19.1. The van der Waals surface area contributed by atoms with Gasteiger partial charge in [0.15, 0.2) is 5.82 Å². The molecule has 2 aromatic carbocycles. The fraction of sp³-hybridized carbons (Fsp3) is 0.261. The number of hydrogen-bond donors (Lipinski definition) is 2. The zero-order valence-corrected chi connectivity index (χ0v) is 16.9. The highest BCUT2D eigenvalue weighted by molar-refractivity contribution is 6.06. The van der Waals surface area contributed by atoms with Gasteiger partial charge in [-0.05, 0) is 37.1 Å². The maximum Gasteiger partial charge on any atom is 0.251 e. The minimum Gasteiger partial charge on any atom is -0.382 e. The van der Waals surface area contributed by atoms with Gasteiger partial charge in [0.1, 0.15) is 17.2 Å². The average Bonchev–Trinajstić information content (AvgIpc) is 3.13. The number of amides is 1. The molecule has 1 amide bonds. The molecule has 30 heavy (non-hydrogen) atoms. The monoisotopic (exact) mass is 405 g/mol. The van der Waals surface area contributed by atoms with Crippen LogP contribution in [0, 0.1) is 5.82 Å². The van der Waals surface area contributed by atoms with Gasteiger partial charge in [-0.25, -0.2) is 14.4 Å². The number of halogens is 1. The lowest BCUT2D eigenvalue weighted by molar-refractivity contribution is 0.0952. The zero-order valence-electron chi connectivity index (χ0n) is 16.9. The summed E-state index contributed by atoms with van der Waals surface area (Å²) in [5.74, 6) is 0.738. The highest BCUT2D eigenvalue weighted by Gasteiger charge is 2.16. The van der Waals surface area contributed by atoms with Crippen LogP contribution in [0.15, 0.2) is 48.5 Å². The quantitative estimate of drug-likeness (QED) is 0.454. The van der Waals surface area contributed by atoms with Gasteiger partial charge < -0.3 is 15.6 Å². The number of aromatic nitrogens is 3. The number of nitrogen functional groups attached to an aromatic ring is 1. The van der Waals surface area contributed by atoms with E-state index in [1.165, 1.54) is 18.2 Å². The number of anilines is 1. The van der Waals surface area contributed by atoms with Crippen molar-refractivity contribution in [2.24, 2.45) is 0 Å². The number of hydrogen-bond acceptors (Lipinski definition) is 4. The molecule has 2 heterocycles. The fourth-order valence-corrected chi connectivity index (χ4v) is 3.74. The van der Waals surface area contributed by atoms with E-state index in [1.54, 1.807) is 6.07 Å². The van der Waals surface area contributed by atoms with Gasteiger partial charge >= 0.3 is 0 Å². The Morgan fingerprint density at radius 1 is 1.13 bits per heavy atom. The van der Waals surface area contributed by atoms with Gasteiger partial charge in [-0.15, -0.1) is 0 Å². The number of imidazole rings is 1. The van der Waals surface area contributed by atoms with Crippen LogP contribution in [0.5, 0.6) is 0 Å². The smallest absolute Gasteiger partial charge is 0.251 e. The average molecular weight is 405 g/mol. The minimum atomic E-state index is -0.414. The number of unbranched alkanes of at least 4 members (excludes halogenated alkanes) is 1. The number of fused-ring (bicyclic) bond motifs is 3. The molecular weight excluding hydrogens is 381 g/mol. The molecule has 0 radical (unpaired) electrons. The van der Waals surface area contributed by atoms with Gasteiger partial charge in [0, 0.05) is 30.5 Å². The SMILES string of the molecule is CCc1nc2c(N)nc3ccccc3c2n1CCCCNC(=O)c1cccc(F)c1. The molecule has 154 valence electrons. The Morgan fingerprint density at radius 3 is 2.77 bits per heavy atom. The molecule has 7 heteroatoms. The maximum atomic E-state index is 13.3. The normalized spacial score (nSPS) is 11.3. The van der Waals surface area contributed by atoms with E-state index < -0.39 is 5.82 Å². The van der Waals surface area contributed by atoms with E-state index in [0.29, 0.717) is 17.9 Å². The third kappa shape index (κ3) is 3.83. The standard InChI is InChI=1S/C23H24FN5O/c1-2-19-28-20-21(17-10-3-4-11-18(17)27-22(20)25)29(19)13-6-5-12-26-23(30)15-8-7-9-16(24)14-15/h3-4,7-11,14H,2,5-6,12-13H2,1H3,(H2,25,27)(H,26,30). The van der Waals surface area contributed by atoms with E-state index in [9.17, 15) is 9.18 Å². The van der Waals surface area contributed by atoms with Crippen molar-refractivity contribution in [1.82, 2.24) is 19.9 Å². The van der Waals surface area contributed by atoms with Crippen LogP contribution < -0.4 is 11.1 Å². The number of nitrogens with zero attached hydrogens (tertiary/aromatic N) is 3. The van der Waals surface area contributed by atoms with Gasteiger partial charge in [0.05, 0.1) is 11.0 Å². The third-order valence-corrected chi connectivity index (χ3v) is 5.19. The molecule has 0 spiro atoms. The molecule has 0 saturated heterocycles. The summed E-state index contributed by atoms with van der Waals surface area (Å²) in [5.41, 5.74) is 9.11. The number of carbonyl (C=O) groups is 1. The second kappa shape index (κ2) is 8.49. The highest BCUT2D eigenvalue weighted by Crippen LogP contribution is 2.29. The van der Waals surface area contributed by atoms with Gasteiger partial charge in [0.2, 0.25) is 0 Å². The first-order chi connectivity index (χ1) is 14.6. The fourth-order valence-electron chi connectivity index (χ4n) is 3.74. The summed E-state index contributed by atoms with van der Waals surface area (Å²) < 4.78 is 15.5. The first kappa shape index (κ1) is 19.8. The Kier molecular flexibility index (Phi) is 5.61. The van der Waals surface area contributed by atoms with Crippen LogP contribution in [0.3, 0.4) is 0 Å². The molecule has 0 aliphatic rings. The number of nitrogens with two attached hydrogens (primary N) is 1. The molecule has 4 aromatic rings. The van der Waals surface area contributed by atoms with Crippen LogP contribution in [0.25, 0.3) is 21.9 Å². The number of nitrogens with one attached hydrogen (secondary N) is 1. The second-order valence-corrected chi connectivity index (χ2v) is 7.22. The molecule has 0 aliphatic carbocycles. The number of aryl methyl sites for hydroxylation is 2. The van der Waals surface area contributed by atoms with E-state index >= 15 is 0 Å². The van der Waals surface area contributed by atoms with Crippen molar-refractivity contribution in [3.05, 3.63) is 65.7 Å². The van der Waals surface area contributed by atoms with E-state index in [4.69, 9.17) is 10.7 Å². The summed E-state index contributed by atoms with van der Waals surface area (Å²) in [7, 11) is 0. The summed E-state index contributed by atoms with van der Waals surface area (Å²) in [4.78, 5) is 21.3. The molecule has 0 atom stereocenters. The Hall–Kier alpha value is -3.48. The predicted molar refractivity (Wildman–Crippen MR) is 117 cm³/mol. The number of pyridine rings is 1. The summed E-state index contributed by atoms with van der Waals surface area (Å²) in [6, 6.07) is 13.6. The molecule has 4 rings (SSSR count). The van der Waals surface area contributed by atoms with Crippen molar-refractivity contribution >= 4 is 33.7 Å². The molecule has 6 nitrogen and oxygen atoms in total. The topological polar surface area (TPSA) is 85.8 Å². The van der Waals surface area contributed by atoms with Crippen LogP contribution in [-0.2, 0) is 13.0 Å². The van der Waals surface area contributed by atoms with Gasteiger partial charge in [-0.1, -0.05) is 31.2 Å². The number of para-hydroxylation sites is 1. The first-order valence-electron chi connectivity index (χ1n) is 10.2. The molecule has 2 aromatic heterocycles. The third-order valence-electron chi connectivity index (χ3n) is 5.19. The number of benzene rings is 2. The molecule has 3 N–H and O–H groups in total. The lowest BCUT2D eigenvalue weighted by Crippen LogP contribution is -2.24. The molecular formula is C23H24FN5O. The lowest BCUT2D eigenvalue weighted by Gasteiger charge is -2.11. The van der Waals surface area contributed by atoms with Crippen molar-refractivity contribution in [3.8, 4) is 0 Å². The van der Waals surface area contributed by atoms with Crippen LogP contribution in [-0.4, -0.2) is 27.0 Å². The van der Waals surface area contributed by atoms with E-state index in [-0.39, 0.29) is 5.91 Å². The summed E-state index contributed by atoms with van der Waals surface area (Å²) in [6.45, 7) is 3.36. The van der Waals surface area contributed by atoms with Crippen LogP contribution in [0.2, 0.25) is 0 Å². The molecule has 0 fully saturated rings. The lowest BCUT2D eigenvalue weighted by atomic mass is 10.2. The predicted octanol–water partition coefficient (Wildman–Crippen LogP) is 4.08. The van der Waals surface area contributed by atoms with E-state index in [1.807, 2.05) is 24.3 Å². The van der Waals surface area contributed by atoms with Crippen molar-refractivity contribution in [2.45, 2.75) is 32.7 Å². The summed E-state index contributed by atoms with van der Waals surface area (Å²) in [6.07, 6.45) is 2.44. The van der Waals surface area contributed by atoms with E-state index in [2.05, 4.69) is 21.8 Å². The van der Waals surface area contributed by atoms with Crippen LogP contribution in [0.4, 0.5) is 10.2 Å². The van der Waals surface area contributed by atoms with Crippen molar-refractivity contribution < 1.29 is 9.18 Å². The first-order valence-corrected chi connectivity index (χ1v) is 10.2. The van der Waals surface area contributed by atoms with Gasteiger partial charge in [-0.2, -0.15) is 0 Å². The molecule has 0 bridgehead atoms. The van der Waals surface area contributed by atoms with Gasteiger partial charge in [-0.3, -0.25) is 4.79 Å². The zero-order chi connectivity index (χ0) is 21.1. The Bertz CT molecular complexity index is 1220. The second-order valence-electron chi connectivity index (χ2n) is 7.22. The van der Waals surface area contributed by atoms with E-state index in [0.717, 1.165) is 53.6 Å². The Balaban J connectivity index is 1.47.